The van der Waals surface area contributed by atoms with E-state index in [2.05, 4.69) is 24.4 Å². The Bertz CT molecular complexity index is 402. The molecule has 1 atom stereocenters. The molecule has 0 heterocycles. The standard InChI is InChI=1S/C18H29NO2/c1-15(16-8-6-11-18(14-16)20-2)19-12-7-13-21-17-9-4-3-5-10-17/h6,8,11,14-15,17,19H,3-5,7,9-10,12-13H2,1-2H3. The molecule has 1 aliphatic carbocycles. The van der Waals surface area contributed by atoms with E-state index in [1.165, 1.54) is 37.7 Å². The molecule has 1 unspecified atom stereocenters. The van der Waals surface area contributed by atoms with Gasteiger partial charge < -0.3 is 14.8 Å². The zero-order chi connectivity index (χ0) is 14.9. The van der Waals surface area contributed by atoms with E-state index < -0.39 is 0 Å². The maximum Gasteiger partial charge on any atom is 0.119 e. The maximum absolute atomic E-state index is 5.95. The third-order valence-corrected chi connectivity index (χ3v) is 4.27. The minimum atomic E-state index is 0.342. The molecule has 0 saturated heterocycles. The molecular weight excluding hydrogens is 262 g/mol. The Labute approximate surface area is 129 Å². The average molecular weight is 291 g/mol. The molecule has 3 nitrogen and oxygen atoms in total. The minimum absolute atomic E-state index is 0.342. The number of ether oxygens (including phenoxy) is 2. The summed E-state index contributed by atoms with van der Waals surface area (Å²) in [5, 5.41) is 3.55. The fourth-order valence-electron chi connectivity index (χ4n) is 2.90. The summed E-state index contributed by atoms with van der Waals surface area (Å²) >= 11 is 0. The van der Waals surface area contributed by atoms with Gasteiger partial charge >= 0.3 is 0 Å². The van der Waals surface area contributed by atoms with E-state index in [1.807, 2.05) is 12.1 Å². The molecule has 0 aliphatic heterocycles. The molecule has 1 N–H and O–H groups in total. The Morgan fingerprint density at radius 3 is 2.81 bits per heavy atom. The van der Waals surface area contributed by atoms with Gasteiger partial charge in [-0.05, 0) is 50.4 Å². The lowest BCUT2D eigenvalue weighted by molar-refractivity contribution is 0.0271. The SMILES string of the molecule is COc1cccc(C(C)NCCCOC2CCCCC2)c1. The predicted molar refractivity (Wildman–Crippen MR) is 86.9 cm³/mol. The van der Waals surface area contributed by atoms with Gasteiger partial charge in [0.25, 0.3) is 0 Å². The van der Waals surface area contributed by atoms with Crippen LogP contribution in [0.1, 0.15) is 57.1 Å². The van der Waals surface area contributed by atoms with Gasteiger partial charge in [-0.15, -0.1) is 0 Å². The van der Waals surface area contributed by atoms with E-state index in [0.717, 1.165) is 25.3 Å². The molecule has 1 saturated carbocycles. The number of hydrogen-bond donors (Lipinski definition) is 1. The van der Waals surface area contributed by atoms with Crippen LogP contribution in [0, 0.1) is 0 Å². The van der Waals surface area contributed by atoms with Gasteiger partial charge in [-0.1, -0.05) is 31.4 Å². The quantitative estimate of drug-likeness (QED) is 0.732. The van der Waals surface area contributed by atoms with Gasteiger partial charge in [-0.2, -0.15) is 0 Å². The minimum Gasteiger partial charge on any atom is -0.497 e. The molecule has 1 aromatic rings. The zero-order valence-corrected chi connectivity index (χ0v) is 13.4. The van der Waals surface area contributed by atoms with Crippen LogP contribution in [0.5, 0.6) is 5.75 Å². The number of benzene rings is 1. The van der Waals surface area contributed by atoms with Crippen molar-refractivity contribution in [2.75, 3.05) is 20.3 Å². The first-order chi connectivity index (χ1) is 10.3. The summed E-state index contributed by atoms with van der Waals surface area (Å²) < 4.78 is 11.2. The van der Waals surface area contributed by atoms with E-state index in [-0.39, 0.29) is 0 Å². The van der Waals surface area contributed by atoms with Crippen LogP contribution in [0.15, 0.2) is 24.3 Å². The van der Waals surface area contributed by atoms with E-state index in [0.29, 0.717) is 12.1 Å². The van der Waals surface area contributed by atoms with Crippen LogP contribution in [0.25, 0.3) is 0 Å². The summed E-state index contributed by atoms with van der Waals surface area (Å²) in [7, 11) is 1.71. The molecule has 1 aromatic carbocycles. The highest BCUT2D eigenvalue weighted by Gasteiger charge is 2.13. The van der Waals surface area contributed by atoms with Crippen LogP contribution in [-0.4, -0.2) is 26.4 Å². The summed E-state index contributed by atoms with van der Waals surface area (Å²) in [4.78, 5) is 0. The molecule has 3 heteroatoms. The van der Waals surface area contributed by atoms with Crippen molar-refractivity contribution in [3.05, 3.63) is 29.8 Å². The van der Waals surface area contributed by atoms with Gasteiger partial charge in [0.2, 0.25) is 0 Å². The smallest absolute Gasteiger partial charge is 0.119 e. The normalized spacial score (nSPS) is 17.6. The Kier molecular flexibility index (Phi) is 7.04. The van der Waals surface area contributed by atoms with Crippen molar-refractivity contribution in [1.29, 1.82) is 0 Å². The second-order valence-electron chi connectivity index (χ2n) is 5.94. The van der Waals surface area contributed by atoms with Crippen molar-refractivity contribution in [3.8, 4) is 5.75 Å². The largest absolute Gasteiger partial charge is 0.497 e. The first-order valence-corrected chi connectivity index (χ1v) is 8.28. The second-order valence-corrected chi connectivity index (χ2v) is 5.94. The van der Waals surface area contributed by atoms with Crippen LogP contribution < -0.4 is 10.1 Å². The number of methoxy groups -OCH3 is 1. The van der Waals surface area contributed by atoms with Gasteiger partial charge in [-0.3, -0.25) is 0 Å². The van der Waals surface area contributed by atoms with Crippen LogP contribution in [-0.2, 0) is 4.74 Å². The van der Waals surface area contributed by atoms with Crippen molar-refractivity contribution in [3.63, 3.8) is 0 Å². The Balaban J connectivity index is 1.61. The van der Waals surface area contributed by atoms with Gasteiger partial charge in [0.15, 0.2) is 0 Å². The van der Waals surface area contributed by atoms with E-state index in [9.17, 15) is 0 Å². The van der Waals surface area contributed by atoms with Gasteiger partial charge in [0.1, 0.15) is 5.75 Å². The van der Waals surface area contributed by atoms with Crippen molar-refractivity contribution >= 4 is 0 Å². The van der Waals surface area contributed by atoms with Crippen molar-refractivity contribution in [1.82, 2.24) is 5.32 Å². The monoisotopic (exact) mass is 291 g/mol. The summed E-state index contributed by atoms with van der Waals surface area (Å²) in [5.74, 6) is 0.918. The predicted octanol–water partition coefficient (Wildman–Crippen LogP) is 4.09. The number of nitrogens with one attached hydrogen (secondary N) is 1. The molecular formula is C18H29NO2. The van der Waals surface area contributed by atoms with Gasteiger partial charge in [-0.25, -0.2) is 0 Å². The second kappa shape index (κ2) is 9.06. The molecule has 118 valence electrons. The molecule has 1 aliphatic rings. The highest BCUT2D eigenvalue weighted by Crippen LogP contribution is 2.20. The highest BCUT2D eigenvalue weighted by molar-refractivity contribution is 5.30. The van der Waals surface area contributed by atoms with E-state index in [4.69, 9.17) is 9.47 Å². The average Bonchev–Trinajstić information content (AvgIpc) is 2.55. The fourth-order valence-corrected chi connectivity index (χ4v) is 2.90. The lowest BCUT2D eigenvalue weighted by atomic mass is 9.98. The molecule has 0 radical (unpaired) electrons. The zero-order valence-electron chi connectivity index (χ0n) is 13.4. The molecule has 0 aromatic heterocycles. The van der Waals surface area contributed by atoms with Crippen molar-refractivity contribution < 1.29 is 9.47 Å². The van der Waals surface area contributed by atoms with Crippen molar-refractivity contribution in [2.24, 2.45) is 0 Å². The summed E-state index contributed by atoms with van der Waals surface area (Å²) in [6.45, 7) is 4.06. The Morgan fingerprint density at radius 1 is 1.24 bits per heavy atom. The summed E-state index contributed by atoms with van der Waals surface area (Å²) in [6, 6.07) is 8.59. The van der Waals surface area contributed by atoms with Crippen LogP contribution >= 0.6 is 0 Å². The van der Waals surface area contributed by atoms with Crippen LogP contribution in [0.2, 0.25) is 0 Å². The lowest BCUT2D eigenvalue weighted by Crippen LogP contribution is -2.23. The van der Waals surface area contributed by atoms with Crippen LogP contribution in [0.3, 0.4) is 0 Å². The Hall–Kier alpha value is -1.06. The third kappa shape index (κ3) is 5.68. The molecule has 0 spiro atoms. The van der Waals surface area contributed by atoms with E-state index in [1.54, 1.807) is 7.11 Å². The molecule has 0 bridgehead atoms. The summed E-state index contributed by atoms with van der Waals surface area (Å²) in [6.07, 6.45) is 8.19. The fraction of sp³-hybridized carbons (Fsp3) is 0.667. The Morgan fingerprint density at radius 2 is 2.05 bits per heavy atom. The highest BCUT2D eigenvalue weighted by atomic mass is 16.5. The first-order valence-electron chi connectivity index (χ1n) is 8.28. The summed E-state index contributed by atoms with van der Waals surface area (Å²) in [5.41, 5.74) is 1.27. The van der Waals surface area contributed by atoms with Gasteiger partial charge in [0, 0.05) is 12.6 Å². The first kappa shape index (κ1) is 16.3. The third-order valence-electron chi connectivity index (χ3n) is 4.27. The molecule has 0 amide bonds. The van der Waals surface area contributed by atoms with Gasteiger partial charge in [0.05, 0.1) is 13.2 Å². The molecule has 2 rings (SSSR count). The maximum atomic E-state index is 5.95. The van der Waals surface area contributed by atoms with Crippen molar-refractivity contribution in [2.45, 2.75) is 57.6 Å². The molecule has 21 heavy (non-hydrogen) atoms. The molecule has 1 fully saturated rings. The van der Waals surface area contributed by atoms with E-state index >= 15 is 0 Å². The topological polar surface area (TPSA) is 30.5 Å². The van der Waals surface area contributed by atoms with Crippen LogP contribution in [0.4, 0.5) is 0 Å². The lowest BCUT2D eigenvalue weighted by Gasteiger charge is -2.22. The number of rotatable bonds is 8. The number of hydrogen-bond acceptors (Lipinski definition) is 3.